The third-order valence-electron chi connectivity index (χ3n) is 2.50. The highest BCUT2D eigenvalue weighted by atomic mass is 19.1. The molecule has 5 nitrogen and oxygen atoms in total. The fourth-order valence-corrected chi connectivity index (χ4v) is 1.52. The van der Waals surface area contributed by atoms with E-state index in [4.69, 9.17) is 15.3 Å². The summed E-state index contributed by atoms with van der Waals surface area (Å²) in [7, 11) is 0. The van der Waals surface area contributed by atoms with Crippen LogP contribution in [-0.2, 0) is 4.79 Å². The maximum absolute atomic E-state index is 12.9. The van der Waals surface area contributed by atoms with E-state index < -0.39 is 5.82 Å². The average molecular weight is 275 g/mol. The number of rotatable bonds is 7. The van der Waals surface area contributed by atoms with Crippen LogP contribution in [0.3, 0.4) is 0 Å². The highest BCUT2D eigenvalue weighted by Crippen LogP contribution is 2.12. The second-order valence-electron chi connectivity index (χ2n) is 3.94. The van der Waals surface area contributed by atoms with Gasteiger partial charge in [0, 0.05) is 19.2 Å². The van der Waals surface area contributed by atoms with Crippen LogP contribution in [0.25, 0.3) is 0 Å². The van der Waals surface area contributed by atoms with Crippen molar-refractivity contribution in [3.63, 3.8) is 0 Å². The monoisotopic (exact) mass is 275 g/mol. The van der Waals surface area contributed by atoms with E-state index in [-0.39, 0.29) is 44.2 Å². The first-order valence-electron chi connectivity index (χ1n) is 6.07. The summed E-state index contributed by atoms with van der Waals surface area (Å²) >= 11 is 0. The fourth-order valence-electron chi connectivity index (χ4n) is 1.52. The van der Waals surface area contributed by atoms with Gasteiger partial charge >= 0.3 is 0 Å². The number of nitrogens with zero attached hydrogens (tertiary/aromatic N) is 3. The van der Waals surface area contributed by atoms with Crippen molar-refractivity contribution in [1.82, 2.24) is 4.90 Å². The summed E-state index contributed by atoms with van der Waals surface area (Å²) in [5.41, 5.74) is 0. The molecule has 0 N–H and O–H groups in total. The first-order chi connectivity index (χ1) is 9.67. The Labute approximate surface area is 116 Å². The van der Waals surface area contributed by atoms with Gasteiger partial charge in [0.2, 0.25) is 0 Å². The lowest BCUT2D eigenvalue weighted by atomic mass is 10.3. The van der Waals surface area contributed by atoms with Crippen molar-refractivity contribution in [2.45, 2.75) is 12.8 Å². The third-order valence-corrected chi connectivity index (χ3v) is 2.50. The number of benzene rings is 1. The van der Waals surface area contributed by atoms with Gasteiger partial charge in [-0.25, -0.2) is 4.39 Å². The number of carbonyl (C=O) groups excluding carboxylic acids is 1. The summed E-state index contributed by atoms with van der Waals surface area (Å²) in [5.74, 6) is -0.514. The molecule has 20 heavy (non-hydrogen) atoms. The molecule has 6 heteroatoms. The summed E-state index contributed by atoms with van der Waals surface area (Å²) in [6.45, 7) is 0.257. The molecule has 0 aromatic heterocycles. The standard InChI is InChI=1S/C14H14FN3O2/c15-12-4-1-5-13(10-12)20-11-14(19)18(8-2-6-16)9-3-7-17/h1,4-5,10H,2-3,8-9,11H2. The topological polar surface area (TPSA) is 77.1 Å². The van der Waals surface area contributed by atoms with Crippen LogP contribution in [0.15, 0.2) is 24.3 Å². The largest absolute Gasteiger partial charge is 0.484 e. The Bertz CT molecular complexity index is 516. The molecule has 1 amide bonds. The van der Waals surface area contributed by atoms with Gasteiger partial charge in [0.15, 0.2) is 6.61 Å². The zero-order valence-corrected chi connectivity index (χ0v) is 10.9. The quantitative estimate of drug-likeness (QED) is 0.761. The van der Waals surface area contributed by atoms with Crippen LogP contribution >= 0.6 is 0 Å². The zero-order chi connectivity index (χ0) is 14.8. The first-order valence-corrected chi connectivity index (χ1v) is 6.07. The summed E-state index contributed by atoms with van der Waals surface area (Å²) in [6.07, 6.45) is 0.383. The molecule has 0 heterocycles. The molecule has 0 atom stereocenters. The van der Waals surface area contributed by atoms with Crippen molar-refractivity contribution in [2.24, 2.45) is 0 Å². The van der Waals surface area contributed by atoms with Gasteiger partial charge in [-0.05, 0) is 12.1 Å². The normalized spacial score (nSPS) is 9.35. The molecule has 1 rings (SSSR count). The van der Waals surface area contributed by atoms with Gasteiger partial charge in [0.05, 0.1) is 25.0 Å². The summed E-state index contributed by atoms with van der Waals surface area (Å²) in [5, 5.41) is 17.1. The van der Waals surface area contributed by atoms with E-state index in [1.165, 1.54) is 23.1 Å². The van der Waals surface area contributed by atoms with Crippen LogP contribution in [0.1, 0.15) is 12.8 Å². The molecule has 104 valence electrons. The lowest BCUT2D eigenvalue weighted by molar-refractivity contribution is -0.133. The molecule has 0 radical (unpaired) electrons. The average Bonchev–Trinajstić information content (AvgIpc) is 2.45. The minimum atomic E-state index is -0.444. The molecule has 0 aliphatic rings. The lowest BCUT2D eigenvalue weighted by Crippen LogP contribution is -2.36. The highest BCUT2D eigenvalue weighted by molar-refractivity contribution is 5.77. The lowest BCUT2D eigenvalue weighted by Gasteiger charge is -2.20. The number of halogens is 1. The Morgan fingerprint density at radius 3 is 2.45 bits per heavy atom. The van der Waals surface area contributed by atoms with Crippen molar-refractivity contribution >= 4 is 5.91 Å². The van der Waals surface area contributed by atoms with Crippen LogP contribution in [-0.4, -0.2) is 30.5 Å². The van der Waals surface area contributed by atoms with Crippen molar-refractivity contribution < 1.29 is 13.9 Å². The first kappa shape index (κ1) is 15.5. The number of amides is 1. The predicted octanol–water partition coefficient (Wildman–Crippen LogP) is 1.86. The fraction of sp³-hybridized carbons (Fsp3) is 0.357. The summed E-state index contributed by atoms with van der Waals surface area (Å²) < 4.78 is 18.1. The van der Waals surface area contributed by atoms with Crippen LogP contribution < -0.4 is 4.74 Å². The van der Waals surface area contributed by atoms with Crippen LogP contribution in [0, 0.1) is 28.5 Å². The third kappa shape index (κ3) is 5.36. The molecule has 1 aromatic carbocycles. The van der Waals surface area contributed by atoms with E-state index in [1.807, 2.05) is 12.1 Å². The van der Waals surface area contributed by atoms with Crippen molar-refractivity contribution in [2.75, 3.05) is 19.7 Å². The molecule has 0 aliphatic heterocycles. The van der Waals surface area contributed by atoms with Gasteiger partial charge in [-0.1, -0.05) is 6.07 Å². The Hall–Kier alpha value is -2.60. The minimum Gasteiger partial charge on any atom is -0.484 e. The van der Waals surface area contributed by atoms with E-state index in [0.717, 1.165) is 0 Å². The number of nitriles is 2. The van der Waals surface area contributed by atoms with E-state index in [9.17, 15) is 9.18 Å². The minimum absolute atomic E-state index is 0.192. The number of hydrogen-bond donors (Lipinski definition) is 0. The van der Waals surface area contributed by atoms with Crippen molar-refractivity contribution in [1.29, 1.82) is 10.5 Å². The Morgan fingerprint density at radius 2 is 1.90 bits per heavy atom. The molecule has 0 fully saturated rings. The molecule has 0 spiro atoms. The molecule has 0 unspecified atom stereocenters. The van der Waals surface area contributed by atoms with E-state index in [0.29, 0.717) is 0 Å². The summed E-state index contributed by atoms with van der Waals surface area (Å²) in [6, 6.07) is 9.38. The zero-order valence-electron chi connectivity index (χ0n) is 10.9. The highest BCUT2D eigenvalue weighted by Gasteiger charge is 2.13. The van der Waals surface area contributed by atoms with Gasteiger partial charge in [-0.3, -0.25) is 4.79 Å². The van der Waals surface area contributed by atoms with Gasteiger partial charge in [0.25, 0.3) is 5.91 Å². The second kappa shape index (κ2) is 8.49. The van der Waals surface area contributed by atoms with Gasteiger partial charge < -0.3 is 9.64 Å². The van der Waals surface area contributed by atoms with Crippen LogP contribution in [0.4, 0.5) is 4.39 Å². The van der Waals surface area contributed by atoms with E-state index in [1.54, 1.807) is 6.07 Å². The maximum atomic E-state index is 12.9. The maximum Gasteiger partial charge on any atom is 0.260 e. The molecular formula is C14H14FN3O2. The van der Waals surface area contributed by atoms with E-state index >= 15 is 0 Å². The van der Waals surface area contributed by atoms with E-state index in [2.05, 4.69) is 0 Å². The Kier molecular flexibility index (Phi) is 6.56. The SMILES string of the molecule is N#CCCN(CCC#N)C(=O)COc1cccc(F)c1. The summed E-state index contributed by atoms with van der Waals surface area (Å²) in [4.78, 5) is 13.3. The second-order valence-corrected chi connectivity index (χ2v) is 3.94. The predicted molar refractivity (Wildman–Crippen MR) is 68.9 cm³/mol. The number of hydrogen-bond acceptors (Lipinski definition) is 4. The Morgan fingerprint density at radius 1 is 1.25 bits per heavy atom. The Balaban J connectivity index is 2.53. The molecule has 0 aliphatic carbocycles. The molecule has 0 saturated carbocycles. The smallest absolute Gasteiger partial charge is 0.260 e. The molecular weight excluding hydrogens is 261 g/mol. The van der Waals surface area contributed by atoms with Crippen molar-refractivity contribution in [3.05, 3.63) is 30.1 Å². The van der Waals surface area contributed by atoms with Gasteiger partial charge in [-0.2, -0.15) is 10.5 Å². The molecule has 0 saturated heterocycles. The number of ether oxygens (including phenoxy) is 1. The van der Waals surface area contributed by atoms with Crippen LogP contribution in [0.2, 0.25) is 0 Å². The molecule has 0 bridgehead atoms. The van der Waals surface area contributed by atoms with Crippen molar-refractivity contribution in [3.8, 4) is 17.9 Å². The van der Waals surface area contributed by atoms with Crippen LogP contribution in [0.5, 0.6) is 5.75 Å². The van der Waals surface area contributed by atoms with Gasteiger partial charge in [0.1, 0.15) is 11.6 Å². The molecule has 1 aromatic rings. The van der Waals surface area contributed by atoms with Gasteiger partial charge in [-0.15, -0.1) is 0 Å². The number of carbonyl (C=O) groups is 1.